The molecule has 1 aliphatic heterocycles. The molecule has 24 heavy (non-hydrogen) atoms. The van der Waals surface area contributed by atoms with Crippen LogP contribution in [0.4, 0.5) is 0 Å². The molecule has 0 radical (unpaired) electrons. The second kappa shape index (κ2) is 7.81. The van der Waals surface area contributed by atoms with Gasteiger partial charge in [-0.2, -0.15) is 0 Å². The monoisotopic (exact) mass is 334 g/mol. The number of piperidine rings is 1. The summed E-state index contributed by atoms with van der Waals surface area (Å²) in [7, 11) is 3.00. The molecule has 1 atom stereocenters. The summed E-state index contributed by atoms with van der Waals surface area (Å²) >= 11 is 0. The van der Waals surface area contributed by atoms with E-state index in [0.29, 0.717) is 36.6 Å². The molecule has 2 amide bonds. The number of nitrogens with zero attached hydrogens (tertiary/aromatic N) is 1. The Bertz CT molecular complexity index is 644. The summed E-state index contributed by atoms with van der Waals surface area (Å²) in [5, 5.41) is 2.60. The first-order chi connectivity index (χ1) is 11.5. The van der Waals surface area contributed by atoms with Crippen molar-refractivity contribution in [3.63, 3.8) is 0 Å². The number of hydrogen-bond donors (Lipinski definition) is 1. The molecule has 0 bridgehead atoms. The number of Topliss-reactive ketones (excluding diaryl/α,β-unsaturated/α-hetero) is 1. The largest absolute Gasteiger partial charge is 0.493 e. The Morgan fingerprint density at radius 1 is 1.25 bits per heavy atom. The molecule has 7 heteroatoms. The summed E-state index contributed by atoms with van der Waals surface area (Å²) in [5.74, 6) is 0.434. The highest BCUT2D eigenvalue weighted by atomic mass is 16.5. The molecule has 0 saturated carbocycles. The zero-order valence-electron chi connectivity index (χ0n) is 14.1. The van der Waals surface area contributed by atoms with Crippen molar-refractivity contribution in [3.8, 4) is 11.5 Å². The highest BCUT2D eigenvalue weighted by Gasteiger charge is 2.26. The van der Waals surface area contributed by atoms with Gasteiger partial charge in [-0.25, -0.2) is 0 Å². The second-order valence-corrected chi connectivity index (χ2v) is 5.71. The predicted molar refractivity (Wildman–Crippen MR) is 87.2 cm³/mol. The van der Waals surface area contributed by atoms with E-state index in [9.17, 15) is 14.4 Å². The maximum atomic E-state index is 12.2. The Kier molecular flexibility index (Phi) is 5.78. The van der Waals surface area contributed by atoms with E-state index in [2.05, 4.69) is 5.32 Å². The molecule has 0 aliphatic carbocycles. The fourth-order valence-corrected chi connectivity index (χ4v) is 2.59. The Morgan fingerprint density at radius 3 is 2.58 bits per heavy atom. The zero-order chi connectivity index (χ0) is 17.7. The molecule has 1 N–H and O–H groups in total. The standard InChI is InChI=1S/C17H22N2O5/c1-11-10-19(7-6-13(11)20)16(21)9-18-17(22)12-4-5-14(23-2)15(8-12)24-3/h4-5,8,11H,6-7,9-10H2,1-3H3,(H,18,22). The van der Waals surface area contributed by atoms with Gasteiger partial charge in [0, 0.05) is 31.0 Å². The first-order valence-corrected chi connectivity index (χ1v) is 7.77. The average Bonchev–Trinajstić information content (AvgIpc) is 2.60. The number of benzene rings is 1. The number of ketones is 1. The summed E-state index contributed by atoms with van der Waals surface area (Å²) < 4.78 is 10.3. The van der Waals surface area contributed by atoms with E-state index in [-0.39, 0.29) is 30.1 Å². The lowest BCUT2D eigenvalue weighted by Crippen LogP contribution is -2.47. The Morgan fingerprint density at radius 2 is 1.96 bits per heavy atom. The number of rotatable bonds is 5. The number of hydrogen-bond acceptors (Lipinski definition) is 5. The lowest BCUT2D eigenvalue weighted by atomic mass is 9.98. The third-order valence-electron chi connectivity index (χ3n) is 4.07. The van der Waals surface area contributed by atoms with Gasteiger partial charge >= 0.3 is 0 Å². The molecular weight excluding hydrogens is 312 g/mol. The van der Waals surface area contributed by atoms with Crippen LogP contribution in [0.2, 0.25) is 0 Å². The maximum Gasteiger partial charge on any atom is 0.251 e. The van der Waals surface area contributed by atoms with Gasteiger partial charge in [0.2, 0.25) is 5.91 Å². The normalized spacial score (nSPS) is 17.4. The van der Waals surface area contributed by atoms with Crippen molar-refractivity contribution < 1.29 is 23.9 Å². The summed E-state index contributed by atoms with van der Waals surface area (Å²) in [6.07, 6.45) is 0.372. The van der Waals surface area contributed by atoms with E-state index in [4.69, 9.17) is 9.47 Å². The molecule has 1 heterocycles. The minimum absolute atomic E-state index is 0.103. The number of ether oxygens (including phenoxy) is 2. The minimum Gasteiger partial charge on any atom is -0.493 e. The summed E-state index contributed by atoms with van der Waals surface area (Å²) in [6, 6.07) is 4.79. The molecule has 1 fully saturated rings. The van der Waals surface area contributed by atoms with Crippen LogP contribution in [0.25, 0.3) is 0 Å². The number of methoxy groups -OCH3 is 2. The predicted octanol–water partition coefficient (Wildman–Crippen LogP) is 0.871. The molecule has 1 saturated heterocycles. The topological polar surface area (TPSA) is 84.9 Å². The van der Waals surface area contributed by atoms with Gasteiger partial charge in [-0.05, 0) is 18.2 Å². The fraction of sp³-hybridized carbons (Fsp3) is 0.471. The number of carbonyl (C=O) groups excluding carboxylic acids is 3. The lowest BCUT2D eigenvalue weighted by Gasteiger charge is -2.30. The van der Waals surface area contributed by atoms with Gasteiger partial charge in [0.25, 0.3) is 5.91 Å². The maximum absolute atomic E-state index is 12.2. The van der Waals surface area contributed by atoms with Crippen molar-refractivity contribution in [2.75, 3.05) is 33.9 Å². The molecule has 7 nitrogen and oxygen atoms in total. The molecule has 1 aromatic rings. The summed E-state index contributed by atoms with van der Waals surface area (Å²) in [5.41, 5.74) is 0.377. The molecule has 0 aromatic heterocycles. The van der Waals surface area contributed by atoms with Crippen molar-refractivity contribution in [2.45, 2.75) is 13.3 Å². The number of likely N-dealkylation sites (tertiary alicyclic amines) is 1. The lowest BCUT2D eigenvalue weighted by molar-refractivity contribution is -0.136. The van der Waals surface area contributed by atoms with E-state index in [1.165, 1.54) is 14.2 Å². The van der Waals surface area contributed by atoms with Gasteiger partial charge in [0.05, 0.1) is 20.8 Å². The number of amides is 2. The number of nitrogens with one attached hydrogen (secondary N) is 1. The van der Waals surface area contributed by atoms with Crippen molar-refractivity contribution in [1.82, 2.24) is 10.2 Å². The highest BCUT2D eigenvalue weighted by molar-refractivity contribution is 5.97. The molecule has 1 aliphatic rings. The van der Waals surface area contributed by atoms with Crippen LogP contribution >= 0.6 is 0 Å². The third-order valence-corrected chi connectivity index (χ3v) is 4.07. The van der Waals surface area contributed by atoms with Crippen LogP contribution in [0, 0.1) is 5.92 Å². The van der Waals surface area contributed by atoms with Crippen molar-refractivity contribution >= 4 is 17.6 Å². The number of carbonyl (C=O) groups is 3. The Hall–Kier alpha value is -2.57. The smallest absolute Gasteiger partial charge is 0.251 e. The van der Waals surface area contributed by atoms with Gasteiger partial charge in [0.15, 0.2) is 11.5 Å². The van der Waals surface area contributed by atoms with Crippen LogP contribution in [-0.4, -0.2) is 56.4 Å². The van der Waals surface area contributed by atoms with Crippen LogP contribution in [0.1, 0.15) is 23.7 Å². The van der Waals surface area contributed by atoms with Crippen LogP contribution in [0.5, 0.6) is 11.5 Å². The van der Waals surface area contributed by atoms with Crippen LogP contribution in [0.3, 0.4) is 0 Å². The zero-order valence-corrected chi connectivity index (χ0v) is 14.1. The van der Waals surface area contributed by atoms with E-state index in [1.54, 1.807) is 23.1 Å². The van der Waals surface area contributed by atoms with Gasteiger partial charge in [0.1, 0.15) is 5.78 Å². The van der Waals surface area contributed by atoms with Gasteiger partial charge < -0.3 is 19.7 Å². The van der Waals surface area contributed by atoms with Crippen LogP contribution in [-0.2, 0) is 9.59 Å². The molecule has 1 aromatic carbocycles. The van der Waals surface area contributed by atoms with E-state index in [0.717, 1.165) is 0 Å². The molecule has 2 rings (SSSR count). The molecule has 0 spiro atoms. The van der Waals surface area contributed by atoms with E-state index in [1.807, 2.05) is 6.92 Å². The van der Waals surface area contributed by atoms with Gasteiger partial charge in [-0.15, -0.1) is 0 Å². The highest BCUT2D eigenvalue weighted by Crippen LogP contribution is 2.27. The van der Waals surface area contributed by atoms with E-state index >= 15 is 0 Å². The van der Waals surface area contributed by atoms with Gasteiger partial charge in [-0.3, -0.25) is 14.4 Å². The fourth-order valence-electron chi connectivity index (χ4n) is 2.59. The molecular formula is C17H22N2O5. The minimum atomic E-state index is -0.370. The first kappa shape index (κ1) is 17.8. The van der Waals surface area contributed by atoms with Crippen LogP contribution < -0.4 is 14.8 Å². The van der Waals surface area contributed by atoms with Crippen molar-refractivity contribution in [2.24, 2.45) is 5.92 Å². The summed E-state index contributed by atoms with van der Waals surface area (Å²) in [4.78, 5) is 37.5. The van der Waals surface area contributed by atoms with Crippen LogP contribution in [0.15, 0.2) is 18.2 Å². The Labute approximate surface area is 140 Å². The van der Waals surface area contributed by atoms with Crippen molar-refractivity contribution in [1.29, 1.82) is 0 Å². The quantitative estimate of drug-likeness (QED) is 0.864. The van der Waals surface area contributed by atoms with E-state index < -0.39 is 0 Å². The SMILES string of the molecule is COc1ccc(C(=O)NCC(=O)N2CCC(=O)C(C)C2)cc1OC. The molecule has 130 valence electrons. The average molecular weight is 334 g/mol. The first-order valence-electron chi connectivity index (χ1n) is 7.77. The molecule has 1 unspecified atom stereocenters. The van der Waals surface area contributed by atoms with Crippen molar-refractivity contribution in [3.05, 3.63) is 23.8 Å². The Balaban J connectivity index is 1.93. The summed E-state index contributed by atoms with van der Waals surface area (Å²) in [6.45, 7) is 2.52. The third kappa shape index (κ3) is 4.04. The second-order valence-electron chi connectivity index (χ2n) is 5.71. The van der Waals surface area contributed by atoms with Gasteiger partial charge in [-0.1, -0.05) is 6.92 Å².